The third-order valence-electron chi connectivity index (χ3n) is 4.30. The van der Waals surface area contributed by atoms with E-state index in [1.165, 1.54) is 5.56 Å². The molecule has 0 bridgehead atoms. The minimum absolute atomic E-state index is 0.0535. The van der Waals surface area contributed by atoms with Gasteiger partial charge in [0.25, 0.3) is 0 Å². The molecule has 1 aliphatic rings. The normalized spacial score (nSPS) is 14.0. The molecular weight excluding hydrogens is 304 g/mol. The average molecular weight is 326 g/mol. The van der Waals surface area contributed by atoms with E-state index in [1.54, 1.807) is 20.3 Å². The molecule has 5 heteroatoms. The van der Waals surface area contributed by atoms with Crippen molar-refractivity contribution in [3.63, 3.8) is 0 Å². The molecule has 1 N–H and O–H groups in total. The number of nitrogens with one attached hydrogen (secondary N) is 1. The first kappa shape index (κ1) is 16.2. The summed E-state index contributed by atoms with van der Waals surface area (Å²) >= 11 is 0. The van der Waals surface area contributed by atoms with Crippen LogP contribution in [0, 0.1) is 0 Å². The highest BCUT2D eigenvalue weighted by Gasteiger charge is 2.28. The number of benzene rings is 2. The Kier molecular flexibility index (Phi) is 4.60. The summed E-state index contributed by atoms with van der Waals surface area (Å²) in [7, 11) is 3.21. The molecule has 1 aliphatic heterocycles. The lowest BCUT2D eigenvalue weighted by molar-refractivity contribution is -0.118. The number of ether oxygens (including phenoxy) is 2. The number of methoxy groups -OCH3 is 2. The molecule has 3 rings (SSSR count). The van der Waals surface area contributed by atoms with Gasteiger partial charge in [0.15, 0.2) is 0 Å². The van der Waals surface area contributed by atoms with E-state index in [0.717, 1.165) is 24.3 Å². The summed E-state index contributed by atoms with van der Waals surface area (Å²) in [5, 5.41) is 3.25. The van der Waals surface area contributed by atoms with Gasteiger partial charge in [-0.3, -0.25) is 4.79 Å². The van der Waals surface area contributed by atoms with Gasteiger partial charge in [0, 0.05) is 18.3 Å². The molecule has 0 spiro atoms. The fourth-order valence-corrected chi connectivity index (χ4v) is 3.01. The van der Waals surface area contributed by atoms with Crippen LogP contribution in [0.5, 0.6) is 11.5 Å². The highest BCUT2D eigenvalue weighted by Crippen LogP contribution is 2.31. The number of carbonyl (C=O) groups excluding carboxylic acids is 1. The summed E-state index contributed by atoms with van der Waals surface area (Å²) in [6, 6.07) is 13.2. The Hall–Kier alpha value is -2.69. The Labute approximate surface area is 142 Å². The smallest absolute Gasteiger partial charge is 0.249 e. The van der Waals surface area contributed by atoms with Crippen LogP contribution >= 0.6 is 0 Å². The van der Waals surface area contributed by atoms with Crippen LogP contribution in [-0.4, -0.2) is 32.7 Å². The van der Waals surface area contributed by atoms with E-state index in [2.05, 4.69) is 11.4 Å². The van der Waals surface area contributed by atoms with E-state index < -0.39 is 0 Å². The summed E-state index contributed by atoms with van der Waals surface area (Å²) in [5.41, 5.74) is 3.00. The van der Waals surface area contributed by atoms with Gasteiger partial charge in [0.1, 0.15) is 17.5 Å². The predicted octanol–water partition coefficient (Wildman–Crippen LogP) is 3.09. The first-order valence-corrected chi connectivity index (χ1v) is 8.02. The highest BCUT2D eigenvalue weighted by molar-refractivity contribution is 6.00. The molecule has 5 nitrogen and oxygen atoms in total. The predicted molar refractivity (Wildman–Crippen MR) is 95.1 cm³/mol. The zero-order valence-electron chi connectivity index (χ0n) is 14.2. The van der Waals surface area contributed by atoms with Crippen molar-refractivity contribution in [2.75, 3.05) is 31.0 Å². The second-order valence-electron chi connectivity index (χ2n) is 5.80. The van der Waals surface area contributed by atoms with Crippen molar-refractivity contribution in [2.24, 2.45) is 0 Å². The van der Waals surface area contributed by atoms with Gasteiger partial charge in [-0.2, -0.15) is 0 Å². The average Bonchev–Trinajstić information content (AvgIpc) is 3.05. The highest BCUT2D eigenvalue weighted by atomic mass is 16.5. The van der Waals surface area contributed by atoms with Crippen LogP contribution < -0.4 is 19.7 Å². The third-order valence-corrected chi connectivity index (χ3v) is 4.30. The van der Waals surface area contributed by atoms with Crippen molar-refractivity contribution in [3.8, 4) is 11.5 Å². The molecule has 1 unspecified atom stereocenters. The number of rotatable bonds is 5. The number of hydrogen-bond acceptors (Lipinski definition) is 4. The number of para-hydroxylation sites is 1. The van der Waals surface area contributed by atoms with Gasteiger partial charge in [-0.1, -0.05) is 18.2 Å². The monoisotopic (exact) mass is 326 g/mol. The summed E-state index contributed by atoms with van der Waals surface area (Å²) in [5.74, 6) is 1.42. The molecule has 0 radical (unpaired) electrons. The molecule has 2 aromatic carbocycles. The lowest BCUT2D eigenvalue weighted by atomic mass is 10.2. The molecule has 0 fully saturated rings. The summed E-state index contributed by atoms with van der Waals surface area (Å²) in [4.78, 5) is 14.7. The Morgan fingerprint density at radius 3 is 2.71 bits per heavy atom. The van der Waals surface area contributed by atoms with Gasteiger partial charge in [-0.25, -0.2) is 0 Å². The van der Waals surface area contributed by atoms with Gasteiger partial charge >= 0.3 is 0 Å². The van der Waals surface area contributed by atoms with Gasteiger partial charge in [-0.05, 0) is 37.1 Å². The van der Waals surface area contributed by atoms with Crippen molar-refractivity contribution in [2.45, 2.75) is 19.4 Å². The van der Waals surface area contributed by atoms with Crippen molar-refractivity contribution >= 4 is 17.3 Å². The zero-order chi connectivity index (χ0) is 17.1. The molecule has 2 aromatic rings. The molecule has 0 saturated carbocycles. The summed E-state index contributed by atoms with van der Waals surface area (Å²) in [6.45, 7) is 2.59. The molecular formula is C19H22N2O3. The molecule has 126 valence electrons. The topological polar surface area (TPSA) is 50.8 Å². The van der Waals surface area contributed by atoms with Crippen molar-refractivity contribution < 1.29 is 14.3 Å². The van der Waals surface area contributed by atoms with Crippen LogP contribution in [0.1, 0.15) is 12.5 Å². The maximum Gasteiger partial charge on any atom is 0.249 e. The Morgan fingerprint density at radius 1 is 1.17 bits per heavy atom. The SMILES string of the molecule is COc1ccc(NC(C)C(=O)N2CCc3ccccc32)c(OC)c1. The van der Waals surface area contributed by atoms with Gasteiger partial charge in [-0.15, -0.1) is 0 Å². The second kappa shape index (κ2) is 6.83. The number of carbonyl (C=O) groups is 1. The van der Waals surface area contributed by atoms with Crippen LogP contribution in [0.25, 0.3) is 0 Å². The minimum Gasteiger partial charge on any atom is -0.497 e. The van der Waals surface area contributed by atoms with E-state index in [1.807, 2.05) is 42.2 Å². The van der Waals surface area contributed by atoms with Crippen LogP contribution in [0.2, 0.25) is 0 Å². The van der Waals surface area contributed by atoms with Crippen molar-refractivity contribution in [3.05, 3.63) is 48.0 Å². The maximum atomic E-state index is 12.8. The van der Waals surface area contributed by atoms with E-state index in [-0.39, 0.29) is 11.9 Å². The molecule has 24 heavy (non-hydrogen) atoms. The fourth-order valence-electron chi connectivity index (χ4n) is 3.01. The molecule has 0 aliphatic carbocycles. The number of amides is 1. The second-order valence-corrected chi connectivity index (χ2v) is 5.80. The largest absolute Gasteiger partial charge is 0.497 e. The number of nitrogens with zero attached hydrogens (tertiary/aromatic N) is 1. The first-order valence-electron chi connectivity index (χ1n) is 8.02. The van der Waals surface area contributed by atoms with E-state index in [9.17, 15) is 4.79 Å². The van der Waals surface area contributed by atoms with Crippen LogP contribution in [0.15, 0.2) is 42.5 Å². The Bertz CT molecular complexity index is 745. The lowest BCUT2D eigenvalue weighted by Gasteiger charge is -2.24. The van der Waals surface area contributed by atoms with E-state index in [4.69, 9.17) is 9.47 Å². The molecule has 1 amide bonds. The molecule has 1 heterocycles. The van der Waals surface area contributed by atoms with Crippen molar-refractivity contribution in [1.82, 2.24) is 0 Å². The number of hydrogen-bond donors (Lipinski definition) is 1. The third kappa shape index (κ3) is 3.02. The molecule has 0 aromatic heterocycles. The number of anilines is 2. The van der Waals surface area contributed by atoms with Crippen molar-refractivity contribution in [1.29, 1.82) is 0 Å². The molecule has 0 saturated heterocycles. The molecule has 1 atom stereocenters. The van der Waals surface area contributed by atoms with Crippen LogP contribution in [0.3, 0.4) is 0 Å². The van der Waals surface area contributed by atoms with E-state index in [0.29, 0.717) is 11.5 Å². The quantitative estimate of drug-likeness (QED) is 0.917. The first-order chi connectivity index (χ1) is 11.6. The maximum absolute atomic E-state index is 12.8. The van der Waals surface area contributed by atoms with E-state index >= 15 is 0 Å². The van der Waals surface area contributed by atoms with Gasteiger partial charge < -0.3 is 19.7 Å². The fraction of sp³-hybridized carbons (Fsp3) is 0.316. The standard InChI is InChI=1S/C19H22N2O3/c1-13(20-16-9-8-15(23-2)12-18(16)24-3)19(22)21-11-10-14-6-4-5-7-17(14)21/h4-9,12-13,20H,10-11H2,1-3H3. The summed E-state index contributed by atoms with van der Waals surface area (Å²) in [6.07, 6.45) is 0.903. The zero-order valence-corrected chi connectivity index (χ0v) is 14.2. The Balaban J connectivity index is 1.76. The Morgan fingerprint density at radius 2 is 1.96 bits per heavy atom. The minimum atomic E-state index is -0.363. The lowest BCUT2D eigenvalue weighted by Crippen LogP contribution is -2.40. The van der Waals surface area contributed by atoms with Gasteiger partial charge in [0.05, 0.1) is 19.9 Å². The van der Waals surface area contributed by atoms with Crippen LogP contribution in [0.4, 0.5) is 11.4 Å². The van der Waals surface area contributed by atoms with Crippen LogP contribution in [-0.2, 0) is 11.2 Å². The number of fused-ring (bicyclic) bond motifs is 1. The van der Waals surface area contributed by atoms with Gasteiger partial charge in [0.2, 0.25) is 5.91 Å². The summed E-state index contributed by atoms with van der Waals surface area (Å²) < 4.78 is 10.6.